The lowest BCUT2D eigenvalue weighted by molar-refractivity contribution is -0.122. The van der Waals surface area contributed by atoms with Crippen molar-refractivity contribution in [1.29, 1.82) is 0 Å². The lowest BCUT2D eigenvalue weighted by Crippen LogP contribution is -2.33. The first-order valence-electron chi connectivity index (χ1n) is 5.37. The molecule has 0 saturated heterocycles. The fourth-order valence-electron chi connectivity index (χ4n) is 1.25. The van der Waals surface area contributed by atoms with Crippen LogP contribution < -0.4 is 5.32 Å². The Labute approximate surface area is 85.9 Å². The number of amides is 1. The minimum absolute atomic E-state index is 0.0929. The molecular weight excluding hydrogens is 178 g/mol. The number of aliphatic hydroxyl groups is 1. The number of carbonyl (C=O) groups is 1. The fraction of sp³-hybridized carbons (Fsp3) is 0.909. The number of hydrogen-bond donors (Lipinski definition) is 2. The molecule has 1 rings (SSSR count). The van der Waals surface area contributed by atoms with E-state index >= 15 is 0 Å². The van der Waals surface area contributed by atoms with Crippen LogP contribution in [0.1, 0.15) is 40.0 Å². The minimum atomic E-state index is -0.345. The van der Waals surface area contributed by atoms with E-state index in [2.05, 4.69) is 5.32 Å². The molecule has 1 aliphatic rings. The maximum absolute atomic E-state index is 11.2. The highest BCUT2D eigenvalue weighted by Gasteiger charge is 2.29. The van der Waals surface area contributed by atoms with Gasteiger partial charge in [0.15, 0.2) is 0 Å². The van der Waals surface area contributed by atoms with Crippen molar-refractivity contribution < 1.29 is 9.90 Å². The summed E-state index contributed by atoms with van der Waals surface area (Å²) in [7, 11) is 0. The van der Waals surface area contributed by atoms with Crippen LogP contribution in [0.3, 0.4) is 0 Å². The van der Waals surface area contributed by atoms with Crippen molar-refractivity contribution in [3.8, 4) is 0 Å². The van der Waals surface area contributed by atoms with Gasteiger partial charge in [0.25, 0.3) is 0 Å². The summed E-state index contributed by atoms with van der Waals surface area (Å²) < 4.78 is 0. The Morgan fingerprint density at radius 2 is 2.07 bits per heavy atom. The van der Waals surface area contributed by atoms with Crippen LogP contribution >= 0.6 is 0 Å². The van der Waals surface area contributed by atoms with Gasteiger partial charge in [0.05, 0.1) is 6.10 Å². The van der Waals surface area contributed by atoms with Crippen LogP contribution in [0.5, 0.6) is 0 Å². The zero-order chi connectivity index (χ0) is 10.8. The van der Waals surface area contributed by atoms with Crippen molar-refractivity contribution in [2.75, 3.05) is 6.54 Å². The molecule has 1 saturated carbocycles. The summed E-state index contributed by atoms with van der Waals surface area (Å²) >= 11 is 0. The van der Waals surface area contributed by atoms with Crippen molar-refractivity contribution >= 4 is 5.91 Å². The number of aliphatic hydroxyl groups excluding tert-OH is 1. The van der Waals surface area contributed by atoms with Crippen molar-refractivity contribution in [3.05, 3.63) is 0 Å². The molecule has 2 N–H and O–H groups in total. The standard InChI is InChI=1S/C11H21NO2/c1-11(2,3)9(13)6-7-12-10(14)8-4-5-8/h8-9,13H,4-7H2,1-3H3,(H,12,14)/t9-/m1/s1. The summed E-state index contributed by atoms with van der Waals surface area (Å²) in [5.41, 5.74) is -0.0929. The highest BCUT2D eigenvalue weighted by Crippen LogP contribution is 2.28. The van der Waals surface area contributed by atoms with E-state index in [-0.39, 0.29) is 23.3 Å². The van der Waals surface area contributed by atoms with Gasteiger partial charge in [-0.05, 0) is 24.7 Å². The van der Waals surface area contributed by atoms with E-state index in [4.69, 9.17) is 0 Å². The molecule has 0 aromatic rings. The van der Waals surface area contributed by atoms with E-state index in [1.54, 1.807) is 0 Å². The first-order valence-corrected chi connectivity index (χ1v) is 5.37. The maximum Gasteiger partial charge on any atom is 0.223 e. The van der Waals surface area contributed by atoms with Crippen molar-refractivity contribution in [2.24, 2.45) is 11.3 Å². The van der Waals surface area contributed by atoms with Gasteiger partial charge in [0, 0.05) is 12.5 Å². The molecule has 82 valence electrons. The lowest BCUT2D eigenvalue weighted by atomic mass is 9.87. The molecule has 0 spiro atoms. The highest BCUT2D eigenvalue weighted by atomic mass is 16.3. The third-order valence-corrected chi connectivity index (χ3v) is 2.66. The van der Waals surface area contributed by atoms with E-state index < -0.39 is 0 Å². The van der Waals surface area contributed by atoms with Gasteiger partial charge in [0.1, 0.15) is 0 Å². The first-order chi connectivity index (χ1) is 6.41. The monoisotopic (exact) mass is 199 g/mol. The predicted octanol–water partition coefficient (Wildman–Crippen LogP) is 1.31. The van der Waals surface area contributed by atoms with Gasteiger partial charge >= 0.3 is 0 Å². The normalized spacial score (nSPS) is 19.1. The van der Waals surface area contributed by atoms with Crippen molar-refractivity contribution in [3.63, 3.8) is 0 Å². The van der Waals surface area contributed by atoms with Gasteiger partial charge in [-0.1, -0.05) is 20.8 Å². The zero-order valence-corrected chi connectivity index (χ0v) is 9.34. The second kappa shape index (κ2) is 4.30. The summed E-state index contributed by atoms with van der Waals surface area (Å²) in [5.74, 6) is 0.424. The number of rotatable bonds is 4. The van der Waals surface area contributed by atoms with Crippen LogP contribution in [-0.2, 0) is 4.79 Å². The quantitative estimate of drug-likeness (QED) is 0.717. The molecule has 0 aromatic carbocycles. The predicted molar refractivity (Wildman–Crippen MR) is 55.8 cm³/mol. The second-order valence-corrected chi connectivity index (χ2v) is 5.24. The number of nitrogens with one attached hydrogen (secondary N) is 1. The van der Waals surface area contributed by atoms with Crippen LogP contribution in [-0.4, -0.2) is 23.7 Å². The zero-order valence-electron chi connectivity index (χ0n) is 9.34. The molecule has 0 aliphatic heterocycles. The summed E-state index contributed by atoms with van der Waals surface area (Å²) in [4.78, 5) is 11.2. The van der Waals surface area contributed by atoms with E-state index in [9.17, 15) is 9.90 Å². The van der Waals surface area contributed by atoms with Gasteiger partial charge in [-0.25, -0.2) is 0 Å². The smallest absolute Gasteiger partial charge is 0.223 e. The summed E-state index contributed by atoms with van der Waals surface area (Å²) in [6.45, 7) is 6.59. The maximum atomic E-state index is 11.2. The molecule has 0 unspecified atom stereocenters. The van der Waals surface area contributed by atoms with Gasteiger partial charge in [-0.2, -0.15) is 0 Å². The number of hydrogen-bond acceptors (Lipinski definition) is 2. The Morgan fingerprint density at radius 1 is 1.50 bits per heavy atom. The molecule has 0 bridgehead atoms. The highest BCUT2D eigenvalue weighted by molar-refractivity contribution is 5.80. The third-order valence-electron chi connectivity index (χ3n) is 2.66. The molecule has 14 heavy (non-hydrogen) atoms. The van der Waals surface area contributed by atoms with Crippen LogP contribution in [0.4, 0.5) is 0 Å². The Morgan fingerprint density at radius 3 is 2.50 bits per heavy atom. The lowest BCUT2D eigenvalue weighted by Gasteiger charge is -2.25. The Bertz CT molecular complexity index is 204. The molecule has 0 aromatic heterocycles. The van der Waals surface area contributed by atoms with E-state index in [0.717, 1.165) is 12.8 Å². The molecule has 1 fully saturated rings. The molecule has 0 heterocycles. The van der Waals surface area contributed by atoms with Crippen molar-refractivity contribution in [2.45, 2.75) is 46.1 Å². The average molecular weight is 199 g/mol. The molecule has 1 aliphatic carbocycles. The molecule has 3 heteroatoms. The van der Waals surface area contributed by atoms with E-state index in [1.807, 2.05) is 20.8 Å². The van der Waals surface area contributed by atoms with Gasteiger partial charge < -0.3 is 10.4 Å². The average Bonchev–Trinajstić information content (AvgIpc) is 2.84. The fourth-order valence-corrected chi connectivity index (χ4v) is 1.25. The van der Waals surface area contributed by atoms with E-state index in [0.29, 0.717) is 13.0 Å². The molecule has 1 amide bonds. The molecular formula is C11H21NO2. The largest absolute Gasteiger partial charge is 0.393 e. The van der Waals surface area contributed by atoms with Gasteiger partial charge in [0.2, 0.25) is 5.91 Å². The van der Waals surface area contributed by atoms with Crippen LogP contribution in [0.25, 0.3) is 0 Å². The molecule has 0 radical (unpaired) electrons. The third kappa shape index (κ3) is 3.66. The summed E-state index contributed by atoms with van der Waals surface area (Å²) in [6, 6.07) is 0. The first kappa shape index (κ1) is 11.5. The molecule has 1 atom stereocenters. The van der Waals surface area contributed by atoms with Gasteiger partial charge in [-0.15, -0.1) is 0 Å². The van der Waals surface area contributed by atoms with Gasteiger partial charge in [-0.3, -0.25) is 4.79 Å². The topological polar surface area (TPSA) is 49.3 Å². The minimum Gasteiger partial charge on any atom is -0.393 e. The van der Waals surface area contributed by atoms with Crippen LogP contribution in [0.15, 0.2) is 0 Å². The Balaban J connectivity index is 2.11. The second-order valence-electron chi connectivity index (χ2n) is 5.24. The molecule has 3 nitrogen and oxygen atoms in total. The Hall–Kier alpha value is -0.570. The summed E-state index contributed by atoms with van der Waals surface area (Å²) in [5, 5.41) is 12.6. The van der Waals surface area contributed by atoms with Crippen LogP contribution in [0.2, 0.25) is 0 Å². The van der Waals surface area contributed by atoms with E-state index in [1.165, 1.54) is 0 Å². The SMILES string of the molecule is CC(C)(C)[C@H](O)CCNC(=O)C1CC1. The summed E-state index contributed by atoms with van der Waals surface area (Å²) in [6.07, 6.45) is 2.37. The number of carbonyl (C=O) groups excluding carboxylic acids is 1. The van der Waals surface area contributed by atoms with Crippen LogP contribution in [0, 0.1) is 11.3 Å². The Kier molecular flexibility index (Phi) is 3.53. The van der Waals surface area contributed by atoms with Crippen molar-refractivity contribution in [1.82, 2.24) is 5.32 Å².